The molecule has 8 heteroatoms. The summed E-state index contributed by atoms with van der Waals surface area (Å²) in [6.45, 7) is -3.09. The van der Waals surface area contributed by atoms with E-state index in [9.17, 15) is 18.8 Å². The van der Waals surface area contributed by atoms with Crippen LogP contribution in [-0.4, -0.2) is 24.5 Å². The second-order valence-corrected chi connectivity index (χ2v) is 6.08. The first-order chi connectivity index (χ1) is 13.4. The zero-order valence-electron chi connectivity index (χ0n) is 14.5. The Morgan fingerprint density at radius 3 is 2.79 bits per heavy atom. The summed E-state index contributed by atoms with van der Waals surface area (Å²) in [6.07, 6.45) is 2.66. The predicted molar refractivity (Wildman–Crippen MR) is 101 cm³/mol. The summed E-state index contributed by atoms with van der Waals surface area (Å²) in [4.78, 5) is 15.8. The Labute approximate surface area is 163 Å². The van der Waals surface area contributed by atoms with E-state index in [0.29, 0.717) is 15.9 Å². The summed E-state index contributed by atoms with van der Waals surface area (Å²) in [6, 6.07) is 11.2. The number of nitrogens with one attached hydrogen (secondary N) is 1. The second-order valence-electron chi connectivity index (χ2n) is 5.65. The number of benzene rings is 2. The number of alkyl halides is 2. The molecule has 0 radical (unpaired) electrons. The van der Waals surface area contributed by atoms with E-state index in [1.54, 1.807) is 18.2 Å². The summed E-state index contributed by atoms with van der Waals surface area (Å²) in [5.74, 6) is -0.770. The van der Waals surface area contributed by atoms with E-state index in [1.807, 2.05) is 6.07 Å². The highest BCUT2D eigenvalue weighted by Crippen LogP contribution is 2.34. The van der Waals surface area contributed by atoms with E-state index in [2.05, 4.69) is 9.72 Å². The Morgan fingerprint density at radius 1 is 1.32 bits per heavy atom. The highest BCUT2D eigenvalue weighted by molar-refractivity contribution is 6.31. The van der Waals surface area contributed by atoms with E-state index >= 15 is 0 Å². The van der Waals surface area contributed by atoms with Gasteiger partial charge in [0.05, 0.1) is 7.11 Å². The number of carbonyl (C=O) groups excluding carboxylic acids is 1. The maximum absolute atomic E-state index is 12.9. The Bertz CT molecular complexity index is 1120. The first-order valence-corrected chi connectivity index (χ1v) is 8.37. The molecule has 0 aliphatic heterocycles. The summed E-state index contributed by atoms with van der Waals surface area (Å²) in [5, 5.41) is 10.6. The number of fused-ring (bicyclic) bond motifs is 1. The average molecular weight is 403 g/mol. The van der Waals surface area contributed by atoms with E-state index in [1.165, 1.54) is 37.6 Å². The van der Waals surface area contributed by atoms with Crippen LogP contribution in [0.4, 0.5) is 8.78 Å². The van der Waals surface area contributed by atoms with Crippen molar-refractivity contribution in [1.29, 1.82) is 5.26 Å². The van der Waals surface area contributed by atoms with Crippen LogP contribution in [0.5, 0.6) is 11.5 Å². The molecule has 0 aliphatic rings. The molecule has 0 amide bonds. The van der Waals surface area contributed by atoms with Crippen molar-refractivity contribution in [3.05, 3.63) is 64.3 Å². The molecule has 0 saturated heterocycles. The van der Waals surface area contributed by atoms with Gasteiger partial charge in [0.15, 0.2) is 11.5 Å². The molecule has 2 aromatic carbocycles. The minimum atomic E-state index is -3.09. The molecule has 1 heterocycles. The van der Waals surface area contributed by atoms with Crippen LogP contribution in [0.1, 0.15) is 15.9 Å². The van der Waals surface area contributed by atoms with Gasteiger partial charge in [-0.2, -0.15) is 14.0 Å². The summed E-state index contributed by atoms with van der Waals surface area (Å²) in [5.41, 5.74) is 0.769. The molecule has 28 heavy (non-hydrogen) atoms. The first kappa shape index (κ1) is 19.4. The zero-order chi connectivity index (χ0) is 20.3. The number of nitriles is 1. The van der Waals surface area contributed by atoms with Gasteiger partial charge in [0.1, 0.15) is 11.6 Å². The number of Topliss-reactive ketones (excluding diaryl/α,β-unsaturated/α-hetero) is 1. The van der Waals surface area contributed by atoms with Crippen molar-refractivity contribution in [2.24, 2.45) is 0 Å². The predicted octanol–water partition coefficient (Wildman–Crippen LogP) is 5.22. The largest absolute Gasteiger partial charge is 0.493 e. The van der Waals surface area contributed by atoms with Gasteiger partial charge in [0.2, 0.25) is 5.78 Å². The smallest absolute Gasteiger partial charge is 0.387 e. The van der Waals surface area contributed by atoms with Crippen LogP contribution in [0.3, 0.4) is 0 Å². The van der Waals surface area contributed by atoms with E-state index in [-0.39, 0.29) is 28.2 Å². The van der Waals surface area contributed by atoms with Crippen LogP contribution in [0.25, 0.3) is 17.0 Å². The Morgan fingerprint density at radius 2 is 2.11 bits per heavy atom. The third-order valence-electron chi connectivity index (χ3n) is 3.99. The van der Waals surface area contributed by atoms with Crippen LogP contribution in [0.15, 0.2) is 48.2 Å². The number of ether oxygens (including phenoxy) is 2. The van der Waals surface area contributed by atoms with Gasteiger partial charge >= 0.3 is 6.61 Å². The number of H-pyrrole nitrogens is 1. The van der Waals surface area contributed by atoms with Crippen LogP contribution in [-0.2, 0) is 0 Å². The maximum Gasteiger partial charge on any atom is 0.387 e. The lowest BCUT2D eigenvalue weighted by molar-refractivity contribution is -0.0513. The number of hydrogen-bond donors (Lipinski definition) is 1. The van der Waals surface area contributed by atoms with Crippen molar-refractivity contribution in [2.45, 2.75) is 6.61 Å². The average Bonchev–Trinajstić information content (AvgIpc) is 3.09. The molecule has 142 valence electrons. The van der Waals surface area contributed by atoms with Gasteiger partial charge in [-0.3, -0.25) is 4.79 Å². The van der Waals surface area contributed by atoms with Gasteiger partial charge in [-0.25, -0.2) is 0 Å². The highest BCUT2D eigenvalue weighted by atomic mass is 35.5. The number of rotatable bonds is 6. The number of ketones is 1. The number of halogens is 3. The number of nitrogens with zero attached hydrogens (tertiary/aromatic N) is 1. The number of para-hydroxylation sites is 1. The quantitative estimate of drug-likeness (QED) is 0.348. The number of aromatic amines is 1. The molecule has 0 aliphatic carbocycles. The minimum absolute atomic E-state index is 0.0560. The number of hydrogen-bond acceptors (Lipinski definition) is 4. The first-order valence-electron chi connectivity index (χ1n) is 7.99. The van der Waals surface area contributed by atoms with Crippen molar-refractivity contribution in [1.82, 2.24) is 4.98 Å². The van der Waals surface area contributed by atoms with Gasteiger partial charge in [0.25, 0.3) is 0 Å². The van der Waals surface area contributed by atoms with Gasteiger partial charge in [-0.1, -0.05) is 29.8 Å². The molecule has 0 saturated carbocycles. The lowest BCUT2D eigenvalue weighted by Gasteiger charge is -2.12. The monoisotopic (exact) mass is 402 g/mol. The third-order valence-corrected chi connectivity index (χ3v) is 4.22. The molecular formula is C20H13ClF2N2O3. The SMILES string of the molecule is COc1cccc(C=C(C#N)C(=O)c2c[nH]c3cc(Cl)ccc23)c1OC(F)F. The topological polar surface area (TPSA) is 75.1 Å². The van der Waals surface area contributed by atoms with Crippen LogP contribution in [0.2, 0.25) is 5.02 Å². The molecule has 0 spiro atoms. The number of aromatic nitrogens is 1. The van der Waals surface area contributed by atoms with Crippen molar-refractivity contribution >= 4 is 34.4 Å². The van der Waals surface area contributed by atoms with Crippen LogP contribution < -0.4 is 9.47 Å². The van der Waals surface area contributed by atoms with Gasteiger partial charge in [-0.05, 0) is 24.3 Å². The fourth-order valence-electron chi connectivity index (χ4n) is 2.76. The maximum atomic E-state index is 12.9. The van der Waals surface area contributed by atoms with Gasteiger partial charge in [-0.15, -0.1) is 0 Å². The molecule has 0 unspecified atom stereocenters. The van der Waals surface area contributed by atoms with Crippen LogP contribution >= 0.6 is 11.6 Å². The molecule has 3 rings (SSSR count). The molecule has 3 aromatic rings. The number of carbonyl (C=O) groups is 1. The zero-order valence-corrected chi connectivity index (χ0v) is 15.3. The van der Waals surface area contributed by atoms with Crippen molar-refractivity contribution in [3.8, 4) is 17.6 Å². The van der Waals surface area contributed by atoms with Gasteiger partial charge < -0.3 is 14.5 Å². The van der Waals surface area contributed by atoms with Crippen molar-refractivity contribution in [3.63, 3.8) is 0 Å². The molecule has 0 fully saturated rings. The summed E-state index contributed by atoms with van der Waals surface area (Å²) in [7, 11) is 1.30. The summed E-state index contributed by atoms with van der Waals surface area (Å²) < 4.78 is 35.1. The third kappa shape index (κ3) is 3.82. The van der Waals surface area contributed by atoms with Gasteiger partial charge in [0, 0.05) is 33.2 Å². The van der Waals surface area contributed by atoms with Crippen LogP contribution in [0, 0.1) is 11.3 Å². The molecule has 0 bridgehead atoms. The minimum Gasteiger partial charge on any atom is -0.493 e. The second kappa shape index (κ2) is 8.11. The fourth-order valence-corrected chi connectivity index (χ4v) is 2.93. The Kier molecular flexibility index (Phi) is 5.62. The van der Waals surface area contributed by atoms with E-state index in [4.69, 9.17) is 16.3 Å². The number of allylic oxidation sites excluding steroid dienone is 1. The fraction of sp³-hybridized carbons (Fsp3) is 0.100. The number of methoxy groups -OCH3 is 1. The molecule has 0 atom stereocenters. The van der Waals surface area contributed by atoms with Crippen molar-refractivity contribution < 1.29 is 23.0 Å². The van der Waals surface area contributed by atoms with E-state index in [0.717, 1.165) is 0 Å². The molecular weight excluding hydrogens is 390 g/mol. The molecule has 1 aromatic heterocycles. The lowest BCUT2D eigenvalue weighted by atomic mass is 10.0. The molecule has 5 nitrogen and oxygen atoms in total. The van der Waals surface area contributed by atoms with E-state index < -0.39 is 12.4 Å². The lowest BCUT2D eigenvalue weighted by Crippen LogP contribution is -2.06. The summed E-state index contributed by atoms with van der Waals surface area (Å²) >= 11 is 5.94. The Balaban J connectivity index is 2.07. The normalized spacial score (nSPS) is 11.5. The molecule has 1 N–H and O–H groups in total. The highest BCUT2D eigenvalue weighted by Gasteiger charge is 2.19. The van der Waals surface area contributed by atoms with Crippen molar-refractivity contribution in [2.75, 3.05) is 7.11 Å². The standard InChI is InChI=1S/C20H13ClF2N2O3/c1-27-17-4-2-3-11(19(17)28-20(22)23)7-12(9-24)18(26)15-10-25-16-8-13(21)5-6-14(15)16/h2-8,10,20,25H,1H3. The Hall–Kier alpha value is -3.37.